The van der Waals surface area contributed by atoms with E-state index in [0.29, 0.717) is 43.6 Å². The molecular weight excluding hydrogens is 543 g/mol. The summed E-state index contributed by atoms with van der Waals surface area (Å²) in [5.74, 6) is -0.499. The summed E-state index contributed by atoms with van der Waals surface area (Å²) in [5, 5.41) is 20.3. The first-order valence-electron chi connectivity index (χ1n) is 15.6. The molecule has 1 amide bonds. The zero-order valence-corrected chi connectivity index (χ0v) is 24.2. The monoisotopic (exact) mass is 580 g/mol. The molecule has 0 saturated heterocycles. The molecule has 1 aromatic carbocycles. The molecule has 7 nitrogen and oxygen atoms in total. The van der Waals surface area contributed by atoms with E-state index in [1.54, 1.807) is 12.3 Å². The number of aliphatic hydroxyl groups excluding tert-OH is 1. The first-order valence-corrected chi connectivity index (χ1v) is 15.6. The summed E-state index contributed by atoms with van der Waals surface area (Å²) in [6, 6.07) is 10.2. The van der Waals surface area contributed by atoms with Gasteiger partial charge in [-0.1, -0.05) is 42.7 Å². The Kier molecular flexibility index (Phi) is 7.33. The predicted octanol–water partition coefficient (Wildman–Crippen LogP) is 6.07. The molecular formula is C35H37FN4O3. The van der Waals surface area contributed by atoms with E-state index in [2.05, 4.69) is 20.5 Å². The summed E-state index contributed by atoms with van der Waals surface area (Å²) in [6.45, 7) is 0.495. The van der Waals surface area contributed by atoms with Gasteiger partial charge in [0.25, 0.3) is 5.91 Å². The van der Waals surface area contributed by atoms with Crippen LogP contribution in [0.15, 0.2) is 59.8 Å². The Bertz CT molecular complexity index is 1610. The summed E-state index contributed by atoms with van der Waals surface area (Å²) in [4.78, 5) is 32.1. The maximum absolute atomic E-state index is 14.0. The Morgan fingerprint density at radius 2 is 1.95 bits per heavy atom. The Balaban J connectivity index is 1.23. The molecule has 222 valence electrons. The molecule has 3 aromatic rings. The smallest absolute Gasteiger partial charge is 0.272 e. The second-order valence-electron chi connectivity index (χ2n) is 13.0. The number of hydrogen-bond acceptors (Lipinski definition) is 5. The number of hydrogen-bond donors (Lipinski definition) is 3. The zero-order chi connectivity index (χ0) is 29.6. The number of aryl methyl sites for hydroxylation is 1. The normalized spacial score (nSPS) is 24.5. The molecule has 7 rings (SSSR count). The van der Waals surface area contributed by atoms with Crippen LogP contribution in [-0.2, 0) is 11.2 Å². The van der Waals surface area contributed by atoms with Gasteiger partial charge in [0.15, 0.2) is 11.5 Å². The average Bonchev–Trinajstić information content (AvgIpc) is 3.58. The maximum Gasteiger partial charge on any atom is 0.272 e. The van der Waals surface area contributed by atoms with E-state index in [9.17, 15) is 19.1 Å². The zero-order valence-electron chi connectivity index (χ0n) is 24.2. The molecule has 0 radical (unpaired) electrons. The van der Waals surface area contributed by atoms with Crippen LogP contribution >= 0.6 is 0 Å². The highest BCUT2D eigenvalue weighted by Gasteiger charge is 2.45. The highest BCUT2D eigenvalue weighted by molar-refractivity contribution is 6.01. The van der Waals surface area contributed by atoms with Crippen molar-refractivity contribution in [2.75, 3.05) is 6.54 Å². The Labute approximate surface area is 250 Å². The number of Topliss-reactive ketones (excluding diaryl/α,β-unsaturated/α-hetero) is 1. The van der Waals surface area contributed by atoms with Crippen LogP contribution in [0.1, 0.15) is 91.1 Å². The van der Waals surface area contributed by atoms with Crippen molar-refractivity contribution in [2.24, 2.45) is 11.3 Å². The summed E-state index contributed by atoms with van der Waals surface area (Å²) in [6.07, 6.45) is 14.3. The van der Waals surface area contributed by atoms with Crippen molar-refractivity contribution in [2.45, 2.75) is 76.2 Å². The number of nitrogens with zero attached hydrogens (tertiary/aromatic N) is 2. The highest BCUT2D eigenvalue weighted by atomic mass is 19.1. The van der Waals surface area contributed by atoms with E-state index in [0.717, 1.165) is 53.6 Å². The fourth-order valence-corrected chi connectivity index (χ4v) is 7.76. The molecule has 2 aromatic heterocycles. The van der Waals surface area contributed by atoms with Crippen molar-refractivity contribution < 1.29 is 19.1 Å². The first-order chi connectivity index (χ1) is 20.9. The number of ketones is 1. The van der Waals surface area contributed by atoms with Gasteiger partial charge in [-0.2, -0.15) is 5.10 Å². The molecule has 2 heterocycles. The van der Waals surface area contributed by atoms with E-state index in [1.165, 1.54) is 30.5 Å². The fraction of sp³-hybridized carbons (Fsp3) is 0.429. The minimum atomic E-state index is -0.409. The molecule has 4 aliphatic rings. The molecule has 2 saturated carbocycles. The number of H-pyrrole nitrogens is 1. The van der Waals surface area contributed by atoms with Crippen LogP contribution in [0.3, 0.4) is 0 Å². The number of nitrogens with one attached hydrogen (secondary N) is 2. The van der Waals surface area contributed by atoms with Gasteiger partial charge in [0.2, 0.25) is 0 Å². The molecule has 1 spiro atoms. The Morgan fingerprint density at radius 1 is 1.12 bits per heavy atom. The number of carbonyl (C=O) groups excluding carboxylic acids is 2. The molecule has 3 N–H and O–H groups in total. The van der Waals surface area contributed by atoms with E-state index in [1.807, 2.05) is 30.4 Å². The lowest BCUT2D eigenvalue weighted by Gasteiger charge is -2.36. The van der Waals surface area contributed by atoms with Crippen molar-refractivity contribution in [1.82, 2.24) is 20.5 Å². The topological polar surface area (TPSA) is 108 Å². The van der Waals surface area contributed by atoms with Gasteiger partial charge in [-0.3, -0.25) is 19.7 Å². The number of benzene rings is 1. The van der Waals surface area contributed by atoms with E-state index in [-0.39, 0.29) is 34.9 Å². The number of rotatable bonds is 6. The van der Waals surface area contributed by atoms with Crippen LogP contribution in [0.4, 0.5) is 4.39 Å². The number of pyridine rings is 1. The van der Waals surface area contributed by atoms with E-state index >= 15 is 0 Å². The lowest BCUT2D eigenvalue weighted by molar-refractivity contribution is -0.118. The van der Waals surface area contributed by atoms with Gasteiger partial charge in [0, 0.05) is 47.5 Å². The first kappa shape index (κ1) is 27.9. The Hall–Kier alpha value is -3.91. The Morgan fingerprint density at radius 3 is 2.70 bits per heavy atom. The molecule has 4 aliphatic carbocycles. The third-order valence-corrected chi connectivity index (χ3v) is 10.0. The predicted molar refractivity (Wildman–Crippen MR) is 162 cm³/mol. The second-order valence-corrected chi connectivity index (χ2v) is 13.0. The maximum atomic E-state index is 14.0. The van der Waals surface area contributed by atoms with Gasteiger partial charge in [-0.25, -0.2) is 4.39 Å². The summed E-state index contributed by atoms with van der Waals surface area (Å²) in [7, 11) is 0. The molecule has 0 bridgehead atoms. The molecule has 0 aliphatic heterocycles. The standard InChI is InChI=1S/C35H37FN4O3/c36-25-5-3-4-22(16-25)24-6-8-26(37-20-24)9-10-28-31-23(17-35(18-30(31)42)12-1-2-13-35)7-11-29-32(28)33(40-39-29)34(43)38-19-21-14-27(41)15-21/h3-6,8-10,16,20-21,27-28,41H,1-2,7,11-15,17-19H2,(H,38,43)(H,39,40). The summed E-state index contributed by atoms with van der Waals surface area (Å²) < 4.78 is 13.8. The van der Waals surface area contributed by atoms with Crippen LogP contribution in [0.5, 0.6) is 0 Å². The minimum absolute atomic E-state index is 0.0856. The third-order valence-electron chi connectivity index (χ3n) is 10.0. The van der Waals surface area contributed by atoms with E-state index in [4.69, 9.17) is 0 Å². The van der Waals surface area contributed by atoms with Crippen LogP contribution in [0.25, 0.3) is 17.2 Å². The number of carbonyl (C=O) groups is 2. The number of halogens is 1. The van der Waals surface area contributed by atoms with Gasteiger partial charge in [0.05, 0.1) is 11.8 Å². The average molecular weight is 581 g/mol. The summed E-state index contributed by atoms with van der Waals surface area (Å²) in [5.41, 5.74) is 6.42. The lowest BCUT2D eigenvalue weighted by Crippen LogP contribution is -2.38. The van der Waals surface area contributed by atoms with Crippen molar-refractivity contribution >= 4 is 17.8 Å². The SMILES string of the molecule is O=C1CC2(CCCC2)CC2=C1C(C=Cc1ccc(-c3cccc(F)c3)cn1)c1c(C(=O)NCC3CC(O)C3)n[nH]c1CC2. The van der Waals surface area contributed by atoms with Crippen molar-refractivity contribution in [1.29, 1.82) is 0 Å². The number of allylic oxidation sites excluding steroid dienone is 3. The second kappa shape index (κ2) is 11.3. The third kappa shape index (κ3) is 5.49. The number of aromatic amines is 1. The lowest BCUT2D eigenvalue weighted by atomic mass is 9.67. The molecule has 8 heteroatoms. The fourth-order valence-electron chi connectivity index (χ4n) is 7.76. The van der Waals surface area contributed by atoms with E-state index < -0.39 is 5.92 Å². The van der Waals surface area contributed by atoms with Crippen molar-refractivity contribution in [3.63, 3.8) is 0 Å². The van der Waals surface area contributed by atoms with Gasteiger partial charge in [-0.05, 0) is 86.1 Å². The van der Waals surface area contributed by atoms with Crippen molar-refractivity contribution in [3.8, 4) is 11.1 Å². The summed E-state index contributed by atoms with van der Waals surface area (Å²) >= 11 is 0. The number of aliphatic hydroxyl groups is 1. The van der Waals surface area contributed by atoms with Gasteiger partial charge >= 0.3 is 0 Å². The molecule has 2 fully saturated rings. The number of fused-ring (bicyclic) bond motifs is 1. The van der Waals surface area contributed by atoms with Gasteiger partial charge in [0.1, 0.15) is 5.82 Å². The van der Waals surface area contributed by atoms with Gasteiger partial charge in [-0.15, -0.1) is 0 Å². The largest absolute Gasteiger partial charge is 0.393 e. The number of amides is 1. The highest BCUT2D eigenvalue weighted by Crippen LogP contribution is 2.53. The number of aromatic nitrogens is 3. The molecule has 43 heavy (non-hydrogen) atoms. The molecule has 1 unspecified atom stereocenters. The van der Waals surface area contributed by atoms with Crippen LogP contribution < -0.4 is 5.32 Å². The van der Waals surface area contributed by atoms with Gasteiger partial charge < -0.3 is 10.4 Å². The van der Waals surface area contributed by atoms with Crippen LogP contribution in [0, 0.1) is 17.2 Å². The molecule has 1 atom stereocenters. The quantitative estimate of drug-likeness (QED) is 0.328. The van der Waals surface area contributed by atoms with Crippen molar-refractivity contribution in [3.05, 3.63) is 88.3 Å². The minimum Gasteiger partial charge on any atom is -0.393 e. The van der Waals surface area contributed by atoms with Crippen LogP contribution in [-0.4, -0.2) is 44.6 Å². The van der Waals surface area contributed by atoms with Crippen LogP contribution in [0.2, 0.25) is 0 Å².